The van der Waals surface area contributed by atoms with Crippen molar-refractivity contribution in [3.63, 3.8) is 0 Å². The molecule has 0 aliphatic heterocycles. The van der Waals surface area contributed by atoms with Gasteiger partial charge in [-0.25, -0.2) is 4.98 Å². The molecule has 6 nitrogen and oxygen atoms in total. The van der Waals surface area contributed by atoms with Crippen LogP contribution in [0.2, 0.25) is 0 Å². The topological polar surface area (TPSA) is 72.1 Å². The number of rotatable bonds is 6. The van der Waals surface area contributed by atoms with Crippen LogP contribution < -0.4 is 4.90 Å². The molecular formula is C25H26N4O2S2. The molecule has 0 aliphatic rings. The van der Waals surface area contributed by atoms with Gasteiger partial charge in [0.15, 0.2) is 5.13 Å². The number of thiazole rings is 1. The molecule has 0 N–H and O–H groups in total. The SMILES string of the molecule is CC(=O)N(c1nc(CSc2nnc(-c3cc(C)cc(C)c3)o2)cs1)c1c(C)cc(C)cc1C. The number of amides is 1. The zero-order valence-corrected chi connectivity index (χ0v) is 21.2. The second-order valence-corrected chi connectivity index (χ2v) is 10.0. The second-order valence-electron chi connectivity index (χ2n) is 8.26. The minimum Gasteiger partial charge on any atom is -0.411 e. The van der Waals surface area contributed by atoms with Gasteiger partial charge in [0.1, 0.15) is 0 Å². The summed E-state index contributed by atoms with van der Waals surface area (Å²) in [4.78, 5) is 19.0. The van der Waals surface area contributed by atoms with Crippen molar-refractivity contribution in [3.8, 4) is 11.5 Å². The van der Waals surface area contributed by atoms with E-state index in [0.717, 1.165) is 39.2 Å². The third-order valence-electron chi connectivity index (χ3n) is 5.12. The zero-order chi connectivity index (χ0) is 23.7. The summed E-state index contributed by atoms with van der Waals surface area (Å²) in [6.45, 7) is 11.8. The molecular weight excluding hydrogens is 452 g/mol. The fourth-order valence-corrected chi connectivity index (χ4v) is 5.63. The summed E-state index contributed by atoms with van der Waals surface area (Å²) in [6, 6.07) is 10.4. The van der Waals surface area contributed by atoms with Gasteiger partial charge in [-0.3, -0.25) is 9.69 Å². The Labute approximate surface area is 202 Å². The maximum absolute atomic E-state index is 12.6. The Kier molecular flexibility index (Phi) is 6.67. The van der Waals surface area contributed by atoms with Crippen molar-refractivity contribution in [2.45, 2.75) is 52.5 Å². The zero-order valence-electron chi connectivity index (χ0n) is 19.6. The minimum atomic E-state index is -0.0615. The fraction of sp³-hybridized carbons (Fsp3) is 0.280. The first-order valence-corrected chi connectivity index (χ1v) is 12.5. The van der Waals surface area contributed by atoms with Crippen LogP contribution >= 0.6 is 23.1 Å². The van der Waals surface area contributed by atoms with E-state index in [4.69, 9.17) is 9.40 Å². The number of hydrogen-bond donors (Lipinski definition) is 0. The van der Waals surface area contributed by atoms with Crippen LogP contribution in [0, 0.1) is 34.6 Å². The number of aromatic nitrogens is 3. The van der Waals surface area contributed by atoms with Crippen LogP contribution in [-0.2, 0) is 10.5 Å². The molecule has 0 aliphatic carbocycles. The highest BCUT2D eigenvalue weighted by molar-refractivity contribution is 7.98. The standard InChI is InChI=1S/C25H26N4O2S2/c1-14-7-15(2)11-20(10-14)23-27-28-25(31-23)33-13-21-12-32-24(26-21)29(19(6)30)22-17(4)8-16(3)9-18(22)5/h7-12H,13H2,1-6H3. The number of aryl methyl sites for hydroxylation is 5. The van der Waals surface area contributed by atoms with E-state index in [1.807, 2.05) is 45.2 Å². The molecule has 0 unspecified atom stereocenters. The van der Waals surface area contributed by atoms with Crippen LogP contribution in [0.3, 0.4) is 0 Å². The van der Waals surface area contributed by atoms with E-state index >= 15 is 0 Å². The van der Waals surface area contributed by atoms with Gasteiger partial charge in [-0.1, -0.05) is 46.7 Å². The molecule has 2 aromatic carbocycles. The first-order valence-electron chi connectivity index (χ1n) is 10.6. The quantitative estimate of drug-likeness (QED) is 0.287. The number of carbonyl (C=O) groups is 1. The smallest absolute Gasteiger partial charge is 0.277 e. The largest absolute Gasteiger partial charge is 0.411 e. The Hall–Kier alpha value is -2.97. The molecule has 0 bridgehead atoms. The van der Waals surface area contributed by atoms with E-state index in [-0.39, 0.29) is 5.91 Å². The maximum Gasteiger partial charge on any atom is 0.277 e. The number of anilines is 2. The van der Waals surface area contributed by atoms with E-state index < -0.39 is 0 Å². The van der Waals surface area contributed by atoms with Crippen molar-refractivity contribution in [1.29, 1.82) is 0 Å². The summed E-state index contributed by atoms with van der Waals surface area (Å²) in [5.74, 6) is 1.02. The highest BCUT2D eigenvalue weighted by Crippen LogP contribution is 2.35. The predicted molar refractivity (Wildman–Crippen MR) is 134 cm³/mol. The molecule has 2 heterocycles. The molecule has 33 heavy (non-hydrogen) atoms. The van der Waals surface area contributed by atoms with E-state index in [0.29, 0.717) is 22.0 Å². The van der Waals surface area contributed by atoms with Crippen LogP contribution in [-0.4, -0.2) is 21.1 Å². The molecule has 4 rings (SSSR count). The summed E-state index contributed by atoms with van der Waals surface area (Å²) in [7, 11) is 0. The van der Waals surface area contributed by atoms with Gasteiger partial charge < -0.3 is 4.42 Å². The van der Waals surface area contributed by atoms with Gasteiger partial charge in [-0.05, 0) is 57.9 Å². The van der Waals surface area contributed by atoms with Crippen molar-refractivity contribution < 1.29 is 9.21 Å². The minimum absolute atomic E-state index is 0.0615. The third-order valence-corrected chi connectivity index (χ3v) is 6.85. The number of hydrogen-bond acceptors (Lipinski definition) is 7. The van der Waals surface area contributed by atoms with E-state index in [2.05, 4.69) is 35.3 Å². The van der Waals surface area contributed by atoms with Crippen LogP contribution in [0.25, 0.3) is 11.5 Å². The molecule has 4 aromatic rings. The lowest BCUT2D eigenvalue weighted by Gasteiger charge is -2.23. The van der Waals surface area contributed by atoms with E-state index in [1.165, 1.54) is 28.7 Å². The molecule has 0 saturated carbocycles. The summed E-state index contributed by atoms with van der Waals surface area (Å²) < 4.78 is 5.86. The lowest BCUT2D eigenvalue weighted by molar-refractivity contribution is -0.115. The molecule has 8 heteroatoms. The highest BCUT2D eigenvalue weighted by atomic mass is 32.2. The second kappa shape index (κ2) is 9.49. The number of carbonyl (C=O) groups excluding carboxylic acids is 1. The summed E-state index contributed by atoms with van der Waals surface area (Å²) in [5.41, 5.74) is 8.27. The average molecular weight is 479 g/mol. The highest BCUT2D eigenvalue weighted by Gasteiger charge is 2.22. The Morgan fingerprint density at radius 2 is 1.61 bits per heavy atom. The molecule has 1 amide bonds. The summed E-state index contributed by atoms with van der Waals surface area (Å²) in [6.07, 6.45) is 0. The Balaban J connectivity index is 1.51. The Bertz CT molecular complexity index is 1280. The number of thioether (sulfide) groups is 1. The van der Waals surface area contributed by atoms with Crippen molar-refractivity contribution in [2.75, 3.05) is 4.90 Å². The molecule has 0 radical (unpaired) electrons. The van der Waals surface area contributed by atoms with Crippen LogP contribution in [0.15, 0.2) is 45.4 Å². The van der Waals surface area contributed by atoms with Crippen molar-refractivity contribution in [3.05, 3.63) is 69.2 Å². The molecule has 0 atom stereocenters. The fourth-order valence-electron chi connectivity index (χ4n) is 4.00. The third kappa shape index (κ3) is 5.17. The normalized spacial score (nSPS) is 11.1. The number of benzene rings is 2. The average Bonchev–Trinajstić information content (AvgIpc) is 3.37. The summed E-state index contributed by atoms with van der Waals surface area (Å²) in [5, 5.41) is 11.5. The van der Waals surface area contributed by atoms with Gasteiger partial charge in [0.05, 0.1) is 11.4 Å². The Morgan fingerprint density at radius 3 is 2.24 bits per heavy atom. The maximum atomic E-state index is 12.6. The Morgan fingerprint density at radius 1 is 0.970 bits per heavy atom. The van der Waals surface area contributed by atoms with Crippen LogP contribution in [0.5, 0.6) is 0 Å². The molecule has 0 saturated heterocycles. The molecule has 170 valence electrons. The van der Waals surface area contributed by atoms with Crippen molar-refractivity contribution >= 4 is 39.8 Å². The number of nitrogens with zero attached hydrogens (tertiary/aromatic N) is 4. The van der Waals surface area contributed by atoms with E-state index in [1.54, 1.807) is 11.8 Å². The first-order chi connectivity index (χ1) is 15.7. The lowest BCUT2D eigenvalue weighted by Crippen LogP contribution is -2.24. The first kappa shape index (κ1) is 23.2. The monoisotopic (exact) mass is 478 g/mol. The van der Waals surface area contributed by atoms with Gasteiger partial charge >= 0.3 is 0 Å². The van der Waals surface area contributed by atoms with Crippen molar-refractivity contribution in [2.24, 2.45) is 0 Å². The van der Waals surface area contributed by atoms with Crippen LogP contribution in [0.1, 0.15) is 40.4 Å². The van der Waals surface area contributed by atoms with Gasteiger partial charge in [0.25, 0.3) is 5.22 Å². The van der Waals surface area contributed by atoms with Gasteiger partial charge in [0.2, 0.25) is 11.8 Å². The summed E-state index contributed by atoms with van der Waals surface area (Å²) >= 11 is 2.89. The lowest BCUT2D eigenvalue weighted by atomic mass is 10.0. The van der Waals surface area contributed by atoms with E-state index in [9.17, 15) is 4.79 Å². The van der Waals surface area contributed by atoms with Crippen molar-refractivity contribution in [1.82, 2.24) is 15.2 Å². The molecule has 2 aromatic heterocycles. The molecule has 0 spiro atoms. The van der Waals surface area contributed by atoms with Gasteiger partial charge in [-0.15, -0.1) is 21.5 Å². The van der Waals surface area contributed by atoms with Crippen LogP contribution in [0.4, 0.5) is 10.8 Å². The predicted octanol–water partition coefficient (Wildman–Crippen LogP) is 6.71. The van der Waals surface area contributed by atoms with Gasteiger partial charge in [-0.2, -0.15) is 0 Å². The van der Waals surface area contributed by atoms with Gasteiger partial charge in [0, 0.05) is 23.6 Å². The molecule has 0 fully saturated rings.